The van der Waals surface area contributed by atoms with Crippen LogP contribution in [0.2, 0.25) is 0 Å². The Labute approximate surface area is 186 Å². The number of rotatable bonds is 5. The van der Waals surface area contributed by atoms with Crippen LogP contribution < -0.4 is 10.5 Å². The maximum Gasteiger partial charge on any atom is 0.259 e. The molecule has 0 aromatic carbocycles. The van der Waals surface area contributed by atoms with Crippen molar-refractivity contribution in [2.45, 2.75) is 31.4 Å². The van der Waals surface area contributed by atoms with Crippen molar-refractivity contribution in [2.24, 2.45) is 0 Å². The zero-order valence-corrected chi connectivity index (χ0v) is 19.0. The number of aromatic amines is 1. The van der Waals surface area contributed by atoms with Gasteiger partial charge in [-0.05, 0) is 31.2 Å². The predicted octanol–water partition coefficient (Wildman–Crippen LogP) is 2.90. The molecule has 1 fully saturated rings. The zero-order valence-electron chi connectivity index (χ0n) is 16.6. The van der Waals surface area contributed by atoms with Crippen LogP contribution in [0, 0.1) is 0 Å². The van der Waals surface area contributed by atoms with Crippen molar-refractivity contribution in [2.75, 3.05) is 36.8 Å². The van der Waals surface area contributed by atoms with E-state index in [1.54, 1.807) is 22.7 Å². The van der Waals surface area contributed by atoms with Crippen LogP contribution in [0.4, 0.5) is 5.13 Å². The summed E-state index contributed by atoms with van der Waals surface area (Å²) in [5.41, 5.74) is 1.18. The molecule has 3 aromatic heterocycles. The highest BCUT2D eigenvalue weighted by atomic mass is 32.2. The van der Waals surface area contributed by atoms with Crippen molar-refractivity contribution in [3.63, 3.8) is 0 Å². The molecule has 158 valence electrons. The molecule has 1 aliphatic heterocycles. The molecule has 0 radical (unpaired) electrons. The van der Waals surface area contributed by atoms with Gasteiger partial charge in [0.15, 0.2) is 5.13 Å². The fourth-order valence-electron chi connectivity index (χ4n) is 4.12. The highest BCUT2D eigenvalue weighted by Gasteiger charge is 2.23. The number of nitrogens with one attached hydrogen (secondary N) is 1. The number of aromatic nitrogens is 3. The molecule has 7 nitrogen and oxygen atoms in total. The van der Waals surface area contributed by atoms with E-state index in [2.05, 4.69) is 14.9 Å². The first-order valence-electron chi connectivity index (χ1n) is 10.2. The summed E-state index contributed by atoms with van der Waals surface area (Å²) in [7, 11) is 0. The molecule has 4 heterocycles. The van der Waals surface area contributed by atoms with Crippen LogP contribution in [0.3, 0.4) is 0 Å². The lowest BCUT2D eigenvalue weighted by atomic mass is 9.97. The normalized spacial score (nSPS) is 16.8. The molecule has 0 unspecified atom stereocenters. The van der Waals surface area contributed by atoms with Crippen molar-refractivity contribution in [3.8, 4) is 0 Å². The van der Waals surface area contributed by atoms with Crippen LogP contribution in [-0.4, -0.2) is 57.7 Å². The second kappa shape index (κ2) is 8.68. The molecule has 3 aromatic rings. The molecule has 0 bridgehead atoms. The number of carbonyl (C=O) groups excluding carboxylic acids is 1. The van der Waals surface area contributed by atoms with Gasteiger partial charge in [-0.3, -0.25) is 9.59 Å². The monoisotopic (exact) mass is 461 g/mol. The molecule has 10 heteroatoms. The molecule has 2 aliphatic rings. The van der Waals surface area contributed by atoms with Gasteiger partial charge < -0.3 is 14.8 Å². The van der Waals surface area contributed by atoms with E-state index in [-0.39, 0.29) is 11.5 Å². The third kappa shape index (κ3) is 4.00. The number of amides is 1. The van der Waals surface area contributed by atoms with Gasteiger partial charge in [0, 0.05) is 42.6 Å². The first-order chi connectivity index (χ1) is 14.7. The molecule has 1 aliphatic carbocycles. The van der Waals surface area contributed by atoms with Gasteiger partial charge in [0.1, 0.15) is 10.7 Å². The number of piperazine rings is 1. The Balaban J connectivity index is 1.16. The van der Waals surface area contributed by atoms with Crippen molar-refractivity contribution >= 4 is 55.7 Å². The SMILES string of the molecule is O=C(CSCc1nc2sc3c(c2c(=O)[nH]1)CCCC3)N1CCN(c2nccs2)CC1. The largest absolute Gasteiger partial charge is 0.345 e. The van der Waals surface area contributed by atoms with Crippen molar-refractivity contribution in [1.29, 1.82) is 0 Å². The van der Waals surface area contributed by atoms with E-state index in [9.17, 15) is 9.59 Å². The molecule has 0 saturated carbocycles. The summed E-state index contributed by atoms with van der Waals surface area (Å²) in [5, 5.41) is 3.79. The smallest absolute Gasteiger partial charge is 0.259 e. The van der Waals surface area contributed by atoms with Crippen LogP contribution in [0.1, 0.15) is 29.1 Å². The molecule has 0 atom stereocenters. The lowest BCUT2D eigenvalue weighted by Gasteiger charge is -2.34. The van der Waals surface area contributed by atoms with Gasteiger partial charge in [-0.1, -0.05) is 0 Å². The number of thiazole rings is 1. The Morgan fingerprint density at radius 2 is 2.03 bits per heavy atom. The standard InChI is InChI=1S/C20H23N5O2S3/c26-16(24-6-8-25(9-7-24)20-21-5-10-29-20)12-28-11-15-22-18(27)17-13-3-1-2-4-14(13)30-19(17)23-15/h5,10H,1-4,6-9,11-12H2,(H,22,23,27). The number of hydrogen-bond donors (Lipinski definition) is 1. The first kappa shape index (κ1) is 20.0. The average Bonchev–Trinajstić information content (AvgIpc) is 3.42. The number of anilines is 1. The van der Waals surface area contributed by atoms with E-state index < -0.39 is 0 Å². The first-order valence-corrected chi connectivity index (χ1v) is 13.1. The van der Waals surface area contributed by atoms with Gasteiger partial charge >= 0.3 is 0 Å². The van der Waals surface area contributed by atoms with Gasteiger partial charge in [0.25, 0.3) is 5.56 Å². The third-order valence-electron chi connectivity index (χ3n) is 5.66. The van der Waals surface area contributed by atoms with Crippen molar-refractivity contribution < 1.29 is 4.79 Å². The van der Waals surface area contributed by atoms with Crippen molar-refractivity contribution in [1.82, 2.24) is 19.9 Å². The summed E-state index contributed by atoms with van der Waals surface area (Å²) in [6.45, 7) is 3.08. The Morgan fingerprint density at radius 1 is 1.20 bits per heavy atom. The van der Waals surface area contributed by atoms with Gasteiger partial charge in [-0.15, -0.1) is 34.4 Å². The molecule has 1 amide bonds. The fraction of sp³-hybridized carbons (Fsp3) is 0.500. The van der Waals surface area contributed by atoms with E-state index in [1.807, 2.05) is 16.5 Å². The number of hydrogen-bond acceptors (Lipinski definition) is 8. The lowest BCUT2D eigenvalue weighted by Crippen LogP contribution is -2.49. The third-order valence-corrected chi connectivity index (χ3v) is 8.61. The molecule has 30 heavy (non-hydrogen) atoms. The predicted molar refractivity (Wildman–Crippen MR) is 124 cm³/mol. The van der Waals surface area contributed by atoms with E-state index in [4.69, 9.17) is 4.98 Å². The maximum absolute atomic E-state index is 12.6. The summed E-state index contributed by atoms with van der Waals surface area (Å²) < 4.78 is 0. The molecule has 1 N–H and O–H groups in total. The number of fused-ring (bicyclic) bond motifs is 3. The second-order valence-corrected chi connectivity index (χ2v) is 10.5. The Hall–Kier alpha value is -1.91. The quantitative estimate of drug-likeness (QED) is 0.629. The summed E-state index contributed by atoms with van der Waals surface area (Å²) in [5.74, 6) is 1.75. The van der Waals surface area contributed by atoms with Crippen LogP contribution >= 0.6 is 34.4 Å². The highest BCUT2D eigenvalue weighted by molar-refractivity contribution is 7.99. The summed E-state index contributed by atoms with van der Waals surface area (Å²) in [4.78, 5) is 43.5. The minimum absolute atomic E-state index is 0.0281. The maximum atomic E-state index is 12.6. The highest BCUT2D eigenvalue weighted by Crippen LogP contribution is 2.33. The Bertz CT molecular complexity index is 1100. The summed E-state index contributed by atoms with van der Waals surface area (Å²) >= 11 is 4.81. The van der Waals surface area contributed by atoms with E-state index >= 15 is 0 Å². The van der Waals surface area contributed by atoms with Crippen LogP contribution in [0.15, 0.2) is 16.4 Å². The fourth-order valence-corrected chi connectivity index (χ4v) is 6.89. The van der Waals surface area contributed by atoms with Crippen LogP contribution in [-0.2, 0) is 23.4 Å². The molecular formula is C20H23N5O2S3. The van der Waals surface area contributed by atoms with Crippen LogP contribution in [0.25, 0.3) is 10.2 Å². The van der Waals surface area contributed by atoms with Crippen LogP contribution in [0.5, 0.6) is 0 Å². The van der Waals surface area contributed by atoms with Gasteiger partial charge in [-0.25, -0.2) is 9.97 Å². The summed E-state index contributed by atoms with van der Waals surface area (Å²) in [6, 6.07) is 0. The van der Waals surface area contributed by atoms with E-state index in [0.717, 1.165) is 60.8 Å². The number of thiophene rings is 1. The molecule has 1 saturated heterocycles. The topological polar surface area (TPSA) is 82.2 Å². The summed E-state index contributed by atoms with van der Waals surface area (Å²) in [6.07, 6.45) is 6.20. The number of H-pyrrole nitrogens is 1. The minimum atomic E-state index is -0.0281. The Morgan fingerprint density at radius 3 is 2.83 bits per heavy atom. The number of nitrogens with zero attached hydrogens (tertiary/aromatic N) is 4. The van der Waals surface area contributed by atoms with Gasteiger partial charge in [0.2, 0.25) is 5.91 Å². The van der Waals surface area contributed by atoms with E-state index in [1.165, 1.54) is 28.6 Å². The van der Waals surface area contributed by atoms with Gasteiger partial charge in [-0.2, -0.15) is 0 Å². The number of thioether (sulfide) groups is 1. The minimum Gasteiger partial charge on any atom is -0.345 e. The second-order valence-electron chi connectivity index (χ2n) is 7.58. The van der Waals surface area contributed by atoms with Gasteiger partial charge in [0.05, 0.1) is 16.9 Å². The zero-order chi connectivity index (χ0) is 20.5. The molecule has 0 spiro atoms. The molecule has 5 rings (SSSR count). The average molecular weight is 462 g/mol. The Kier molecular flexibility index (Phi) is 5.79. The van der Waals surface area contributed by atoms with E-state index in [0.29, 0.717) is 17.3 Å². The van der Waals surface area contributed by atoms with Crippen molar-refractivity contribution in [3.05, 3.63) is 38.2 Å². The number of carbonyl (C=O) groups is 1. The lowest BCUT2D eigenvalue weighted by molar-refractivity contribution is -0.128. The number of aryl methyl sites for hydroxylation is 2. The molecular weight excluding hydrogens is 438 g/mol.